The summed E-state index contributed by atoms with van der Waals surface area (Å²) in [5.41, 5.74) is 2.42. The quantitative estimate of drug-likeness (QED) is 0.941. The fourth-order valence-corrected chi connectivity index (χ4v) is 3.13. The summed E-state index contributed by atoms with van der Waals surface area (Å²) in [6.45, 7) is 0. The first-order valence-electron chi connectivity index (χ1n) is 7.18. The van der Waals surface area contributed by atoms with E-state index in [1.807, 2.05) is 24.3 Å². The first kappa shape index (κ1) is 14.0. The molecule has 1 N–H and O–H groups in total. The van der Waals surface area contributed by atoms with Gasteiger partial charge in [0.2, 0.25) is 0 Å². The molecule has 110 valence electrons. The first-order valence-corrected chi connectivity index (χ1v) is 7.18. The lowest BCUT2D eigenvalue weighted by molar-refractivity contribution is 0.0198. The first-order chi connectivity index (χ1) is 10.2. The summed E-state index contributed by atoms with van der Waals surface area (Å²) in [6, 6.07) is 13.9. The lowest BCUT2D eigenvalue weighted by Gasteiger charge is -2.35. The number of aliphatic hydroxyl groups is 1. The van der Waals surface area contributed by atoms with Crippen LogP contribution in [-0.4, -0.2) is 19.3 Å². The molecule has 3 rings (SSSR count). The van der Waals surface area contributed by atoms with Gasteiger partial charge in [0.05, 0.1) is 19.8 Å². The van der Waals surface area contributed by atoms with E-state index < -0.39 is 5.60 Å². The molecule has 0 radical (unpaired) electrons. The highest BCUT2D eigenvalue weighted by atomic mass is 16.5. The monoisotopic (exact) mass is 284 g/mol. The third kappa shape index (κ3) is 2.49. The van der Waals surface area contributed by atoms with Gasteiger partial charge in [-0.3, -0.25) is 0 Å². The second-order valence-electron chi connectivity index (χ2n) is 5.54. The van der Waals surface area contributed by atoms with Crippen molar-refractivity contribution >= 4 is 0 Å². The van der Waals surface area contributed by atoms with Crippen molar-refractivity contribution in [3.8, 4) is 11.5 Å². The van der Waals surface area contributed by atoms with Crippen LogP contribution in [0.15, 0.2) is 42.5 Å². The molecule has 0 saturated carbocycles. The zero-order valence-electron chi connectivity index (χ0n) is 12.4. The average Bonchev–Trinajstić information content (AvgIpc) is 2.54. The van der Waals surface area contributed by atoms with E-state index in [1.54, 1.807) is 14.2 Å². The zero-order chi connectivity index (χ0) is 14.9. The predicted molar refractivity (Wildman–Crippen MR) is 81.9 cm³/mol. The van der Waals surface area contributed by atoms with Crippen molar-refractivity contribution in [3.05, 3.63) is 59.2 Å². The number of hydrogen-bond acceptors (Lipinski definition) is 3. The van der Waals surface area contributed by atoms with Gasteiger partial charge < -0.3 is 14.6 Å². The van der Waals surface area contributed by atoms with E-state index >= 15 is 0 Å². The number of benzene rings is 2. The maximum atomic E-state index is 11.2. The molecule has 1 aliphatic rings. The van der Waals surface area contributed by atoms with Crippen LogP contribution in [0.4, 0.5) is 0 Å². The minimum absolute atomic E-state index is 0.604. The van der Waals surface area contributed by atoms with Gasteiger partial charge in [-0.25, -0.2) is 0 Å². The van der Waals surface area contributed by atoms with Gasteiger partial charge in [0, 0.05) is 12.0 Å². The molecule has 0 aliphatic heterocycles. The van der Waals surface area contributed by atoms with Crippen LogP contribution in [0.3, 0.4) is 0 Å². The molecule has 1 aliphatic carbocycles. The highest BCUT2D eigenvalue weighted by Gasteiger charge is 2.36. The molecule has 2 aromatic carbocycles. The highest BCUT2D eigenvalue weighted by molar-refractivity contribution is 5.46. The van der Waals surface area contributed by atoms with Gasteiger partial charge in [0.25, 0.3) is 0 Å². The van der Waals surface area contributed by atoms with Crippen molar-refractivity contribution in [2.24, 2.45) is 0 Å². The average molecular weight is 284 g/mol. The third-order valence-electron chi connectivity index (χ3n) is 4.32. The maximum Gasteiger partial charge on any atom is 0.125 e. The van der Waals surface area contributed by atoms with Gasteiger partial charge in [-0.2, -0.15) is 0 Å². The van der Waals surface area contributed by atoms with Crippen LogP contribution in [0.25, 0.3) is 0 Å². The largest absolute Gasteiger partial charge is 0.497 e. The molecular weight excluding hydrogens is 264 g/mol. The summed E-state index contributed by atoms with van der Waals surface area (Å²) >= 11 is 0. The van der Waals surface area contributed by atoms with Crippen LogP contribution in [0.1, 0.15) is 23.1 Å². The number of aryl methyl sites for hydroxylation is 1. The Hall–Kier alpha value is -2.00. The molecular formula is C18H20O3. The van der Waals surface area contributed by atoms with Crippen molar-refractivity contribution < 1.29 is 14.6 Å². The summed E-state index contributed by atoms with van der Waals surface area (Å²) in [6.07, 6.45) is 2.16. The Labute approximate surface area is 125 Å². The molecule has 3 nitrogen and oxygen atoms in total. The Balaban J connectivity index is 2.04. The summed E-state index contributed by atoms with van der Waals surface area (Å²) in [5.74, 6) is 1.44. The number of methoxy groups -OCH3 is 2. The fourth-order valence-electron chi connectivity index (χ4n) is 3.13. The minimum atomic E-state index is -0.908. The summed E-state index contributed by atoms with van der Waals surface area (Å²) in [4.78, 5) is 0. The lowest BCUT2D eigenvalue weighted by atomic mass is 9.76. The fraction of sp³-hybridized carbons (Fsp3) is 0.333. The second kappa shape index (κ2) is 5.41. The Kier molecular flexibility index (Phi) is 3.60. The lowest BCUT2D eigenvalue weighted by Crippen LogP contribution is -2.33. The molecule has 0 fully saturated rings. The third-order valence-corrected chi connectivity index (χ3v) is 4.32. The standard InChI is InChI=1S/C18H20O3/c1-20-15-7-8-17(21-2)16(11-15)18(19)10-9-13-5-3-4-6-14(13)12-18/h3-8,11,19H,9-10,12H2,1-2H3. The molecule has 1 unspecified atom stereocenters. The number of ether oxygens (including phenoxy) is 2. The Morgan fingerprint density at radius 2 is 1.76 bits per heavy atom. The van der Waals surface area contributed by atoms with Crippen molar-refractivity contribution in [2.75, 3.05) is 14.2 Å². The summed E-state index contributed by atoms with van der Waals surface area (Å²) in [7, 11) is 3.26. The van der Waals surface area contributed by atoms with Gasteiger partial charge in [-0.15, -0.1) is 0 Å². The van der Waals surface area contributed by atoms with E-state index in [4.69, 9.17) is 9.47 Å². The van der Waals surface area contributed by atoms with E-state index in [2.05, 4.69) is 18.2 Å². The maximum absolute atomic E-state index is 11.2. The molecule has 1 atom stereocenters. The Morgan fingerprint density at radius 3 is 2.48 bits per heavy atom. The van der Waals surface area contributed by atoms with Crippen molar-refractivity contribution in [1.82, 2.24) is 0 Å². The summed E-state index contributed by atoms with van der Waals surface area (Å²) < 4.78 is 10.7. The van der Waals surface area contributed by atoms with E-state index in [0.29, 0.717) is 18.6 Å². The van der Waals surface area contributed by atoms with Crippen LogP contribution < -0.4 is 9.47 Å². The number of fused-ring (bicyclic) bond motifs is 1. The molecule has 0 aromatic heterocycles. The molecule has 0 bridgehead atoms. The molecule has 0 heterocycles. The van der Waals surface area contributed by atoms with Crippen molar-refractivity contribution in [1.29, 1.82) is 0 Å². The van der Waals surface area contributed by atoms with Crippen LogP contribution in [-0.2, 0) is 18.4 Å². The van der Waals surface area contributed by atoms with Gasteiger partial charge in [-0.05, 0) is 42.2 Å². The Bertz CT molecular complexity index is 651. The molecule has 0 saturated heterocycles. The van der Waals surface area contributed by atoms with E-state index in [-0.39, 0.29) is 0 Å². The van der Waals surface area contributed by atoms with Gasteiger partial charge in [0.15, 0.2) is 0 Å². The van der Waals surface area contributed by atoms with E-state index in [9.17, 15) is 5.11 Å². The van der Waals surface area contributed by atoms with Crippen LogP contribution >= 0.6 is 0 Å². The molecule has 0 spiro atoms. The van der Waals surface area contributed by atoms with Crippen molar-refractivity contribution in [3.63, 3.8) is 0 Å². The Morgan fingerprint density at radius 1 is 1.00 bits per heavy atom. The normalized spacial score (nSPS) is 20.7. The summed E-state index contributed by atoms with van der Waals surface area (Å²) in [5, 5.41) is 11.2. The SMILES string of the molecule is COc1ccc(OC)c(C2(O)CCc3ccccc3C2)c1. The van der Waals surface area contributed by atoms with E-state index in [1.165, 1.54) is 11.1 Å². The molecule has 21 heavy (non-hydrogen) atoms. The van der Waals surface area contributed by atoms with E-state index in [0.717, 1.165) is 17.7 Å². The van der Waals surface area contributed by atoms with Gasteiger partial charge >= 0.3 is 0 Å². The number of hydrogen-bond donors (Lipinski definition) is 1. The molecule has 0 amide bonds. The zero-order valence-corrected chi connectivity index (χ0v) is 12.4. The second-order valence-corrected chi connectivity index (χ2v) is 5.54. The van der Waals surface area contributed by atoms with Crippen molar-refractivity contribution in [2.45, 2.75) is 24.9 Å². The van der Waals surface area contributed by atoms with Gasteiger partial charge in [-0.1, -0.05) is 24.3 Å². The van der Waals surface area contributed by atoms with Crippen LogP contribution in [0.5, 0.6) is 11.5 Å². The van der Waals surface area contributed by atoms with Crippen LogP contribution in [0, 0.1) is 0 Å². The predicted octanol–water partition coefficient (Wildman–Crippen LogP) is 3.08. The minimum Gasteiger partial charge on any atom is -0.497 e. The smallest absolute Gasteiger partial charge is 0.125 e. The topological polar surface area (TPSA) is 38.7 Å². The van der Waals surface area contributed by atoms with Gasteiger partial charge in [0.1, 0.15) is 11.5 Å². The highest BCUT2D eigenvalue weighted by Crippen LogP contribution is 2.41. The molecule has 2 aromatic rings. The number of rotatable bonds is 3. The molecule has 3 heteroatoms. The van der Waals surface area contributed by atoms with Crippen LogP contribution in [0.2, 0.25) is 0 Å².